The summed E-state index contributed by atoms with van der Waals surface area (Å²) in [6, 6.07) is 20.9. The minimum atomic E-state index is -0.503. The molecule has 3 aromatic rings. The lowest BCUT2D eigenvalue weighted by molar-refractivity contribution is -0.114. The number of nitrogens with one attached hydrogen (secondary N) is 1. The van der Waals surface area contributed by atoms with Gasteiger partial charge in [-0.1, -0.05) is 48.0 Å². The van der Waals surface area contributed by atoms with Crippen LogP contribution in [0.3, 0.4) is 0 Å². The molecule has 0 atom stereocenters. The minimum absolute atomic E-state index is 0.0444. The van der Waals surface area contributed by atoms with E-state index in [0.29, 0.717) is 32.8 Å². The van der Waals surface area contributed by atoms with Crippen LogP contribution in [0.1, 0.15) is 27.8 Å². The number of methoxy groups -OCH3 is 1. The number of aliphatic imine (C=N–C) groups is 1. The molecule has 2 aliphatic rings. The van der Waals surface area contributed by atoms with Gasteiger partial charge in [-0.15, -0.1) is 0 Å². The van der Waals surface area contributed by atoms with Crippen LogP contribution in [0.25, 0.3) is 6.08 Å². The van der Waals surface area contributed by atoms with E-state index in [9.17, 15) is 10.1 Å². The number of amidine groups is 2. The van der Waals surface area contributed by atoms with Gasteiger partial charge in [0.15, 0.2) is 17.3 Å². The summed E-state index contributed by atoms with van der Waals surface area (Å²) in [5.41, 5.74) is 4.12. The molecule has 0 saturated carbocycles. The van der Waals surface area contributed by atoms with E-state index in [4.69, 9.17) is 14.9 Å². The molecule has 188 valence electrons. The molecule has 0 unspecified atom stereocenters. The van der Waals surface area contributed by atoms with Gasteiger partial charge in [0.1, 0.15) is 11.7 Å². The second-order valence-electron chi connectivity index (χ2n) is 8.38. The number of fused-ring (bicyclic) bond motifs is 1. The number of nitriles is 1. The summed E-state index contributed by atoms with van der Waals surface area (Å²) in [5.74, 6) is 0.443. The van der Waals surface area contributed by atoms with Gasteiger partial charge in [0.2, 0.25) is 5.17 Å². The quantitative estimate of drug-likeness (QED) is 0.275. The molecule has 0 radical (unpaired) electrons. The number of benzene rings is 3. The van der Waals surface area contributed by atoms with Gasteiger partial charge in [-0.05, 0) is 71.1 Å². The van der Waals surface area contributed by atoms with Gasteiger partial charge in [-0.25, -0.2) is 0 Å². The van der Waals surface area contributed by atoms with Crippen LogP contribution in [0, 0.1) is 27.2 Å². The summed E-state index contributed by atoms with van der Waals surface area (Å²) in [4.78, 5) is 17.1. The lowest BCUT2D eigenvalue weighted by Crippen LogP contribution is -2.35. The zero-order valence-electron chi connectivity index (χ0n) is 20.4. The van der Waals surface area contributed by atoms with E-state index in [1.54, 1.807) is 24.3 Å². The van der Waals surface area contributed by atoms with E-state index >= 15 is 0 Å². The maximum Gasteiger partial charge on any atom is 0.283 e. The molecule has 5 rings (SSSR count). The van der Waals surface area contributed by atoms with Crippen molar-refractivity contribution in [3.63, 3.8) is 0 Å². The molecule has 0 aromatic heterocycles. The second-order valence-corrected chi connectivity index (χ2v) is 10.5. The zero-order valence-corrected chi connectivity index (χ0v) is 23.3. The van der Waals surface area contributed by atoms with Crippen LogP contribution in [-0.2, 0) is 11.4 Å². The number of carbonyl (C=O) groups excluding carboxylic acids is 1. The molecule has 3 aromatic carbocycles. The molecule has 0 bridgehead atoms. The Labute approximate surface area is 237 Å². The van der Waals surface area contributed by atoms with Crippen LogP contribution < -0.4 is 9.47 Å². The number of ether oxygens (including phenoxy) is 2. The van der Waals surface area contributed by atoms with Gasteiger partial charge >= 0.3 is 0 Å². The first-order valence-corrected chi connectivity index (χ1v) is 13.3. The number of thioether (sulfide) groups is 1. The van der Waals surface area contributed by atoms with E-state index in [1.165, 1.54) is 23.9 Å². The summed E-state index contributed by atoms with van der Waals surface area (Å²) >= 11 is 3.40. The number of hydrazone groups is 1. The van der Waals surface area contributed by atoms with Crippen molar-refractivity contribution in [2.45, 2.75) is 13.5 Å². The van der Waals surface area contributed by atoms with Crippen molar-refractivity contribution in [3.05, 3.63) is 97.6 Å². The highest BCUT2D eigenvalue weighted by atomic mass is 127. The van der Waals surface area contributed by atoms with Gasteiger partial charge in [0.25, 0.3) is 5.91 Å². The largest absolute Gasteiger partial charge is 0.493 e. The van der Waals surface area contributed by atoms with E-state index in [2.05, 4.69) is 38.8 Å². The third kappa shape index (κ3) is 5.07. The summed E-state index contributed by atoms with van der Waals surface area (Å²) in [7, 11) is 1.53. The average Bonchev–Trinajstić information content (AvgIpc) is 3.34. The molecule has 0 spiro atoms. The molecule has 1 amide bonds. The average molecular weight is 633 g/mol. The number of carbonyl (C=O) groups is 1. The molecule has 0 saturated heterocycles. The Kier molecular flexibility index (Phi) is 7.31. The molecular weight excluding hydrogens is 613 g/mol. The van der Waals surface area contributed by atoms with Gasteiger partial charge in [0, 0.05) is 11.1 Å². The van der Waals surface area contributed by atoms with E-state index in [-0.39, 0.29) is 18.0 Å². The van der Waals surface area contributed by atoms with Crippen molar-refractivity contribution in [2.24, 2.45) is 10.1 Å². The van der Waals surface area contributed by atoms with Crippen molar-refractivity contribution in [2.75, 3.05) is 7.11 Å². The van der Waals surface area contributed by atoms with Crippen molar-refractivity contribution >= 4 is 62.4 Å². The SMILES string of the molecule is COc1cc(/C=C2/C(=N)N3N=C(c4ccc(C)cc4)SC3=NC2=O)cc(I)c1OCc1ccccc1C#N. The summed E-state index contributed by atoms with van der Waals surface area (Å²) in [6.07, 6.45) is 1.61. The molecule has 2 aliphatic heterocycles. The predicted molar refractivity (Wildman–Crippen MR) is 156 cm³/mol. The first-order valence-electron chi connectivity index (χ1n) is 11.4. The normalized spacial score (nSPS) is 15.6. The van der Waals surface area contributed by atoms with Gasteiger partial charge < -0.3 is 9.47 Å². The van der Waals surface area contributed by atoms with E-state index in [1.807, 2.05) is 49.4 Å². The Morgan fingerprint density at radius 2 is 1.95 bits per heavy atom. The smallest absolute Gasteiger partial charge is 0.283 e. The molecule has 38 heavy (non-hydrogen) atoms. The van der Waals surface area contributed by atoms with Crippen molar-refractivity contribution in [1.82, 2.24) is 5.01 Å². The van der Waals surface area contributed by atoms with Crippen LogP contribution in [0.15, 0.2) is 76.3 Å². The van der Waals surface area contributed by atoms with Crippen LogP contribution in [0.5, 0.6) is 11.5 Å². The van der Waals surface area contributed by atoms with E-state index in [0.717, 1.165) is 20.3 Å². The van der Waals surface area contributed by atoms with Crippen molar-refractivity contribution < 1.29 is 14.3 Å². The first-order chi connectivity index (χ1) is 18.4. The summed E-state index contributed by atoms with van der Waals surface area (Å²) in [6.45, 7) is 2.21. The van der Waals surface area contributed by atoms with Gasteiger partial charge in [-0.2, -0.15) is 20.4 Å². The number of aryl methyl sites for hydroxylation is 1. The number of hydrogen-bond acceptors (Lipinski definition) is 7. The third-order valence-electron chi connectivity index (χ3n) is 5.83. The highest BCUT2D eigenvalue weighted by molar-refractivity contribution is 14.1. The van der Waals surface area contributed by atoms with Crippen LogP contribution in [0.2, 0.25) is 0 Å². The number of rotatable bonds is 6. The molecule has 10 heteroatoms. The fraction of sp³-hybridized carbons (Fsp3) is 0.107. The molecule has 0 aliphatic carbocycles. The van der Waals surface area contributed by atoms with E-state index < -0.39 is 5.91 Å². The van der Waals surface area contributed by atoms with Crippen LogP contribution in [-0.4, -0.2) is 34.1 Å². The van der Waals surface area contributed by atoms with Crippen molar-refractivity contribution in [1.29, 1.82) is 10.7 Å². The maximum atomic E-state index is 12.9. The van der Waals surface area contributed by atoms with Gasteiger partial charge in [0.05, 0.1) is 27.9 Å². The Bertz CT molecular complexity index is 1610. The fourth-order valence-corrected chi connectivity index (χ4v) is 5.52. The predicted octanol–water partition coefficient (Wildman–Crippen LogP) is 5.73. The topological polar surface area (TPSA) is 111 Å². The molecule has 1 N–H and O–H groups in total. The van der Waals surface area contributed by atoms with Gasteiger partial charge in [-0.3, -0.25) is 10.2 Å². The molecule has 0 fully saturated rings. The minimum Gasteiger partial charge on any atom is -0.493 e. The third-order valence-corrected chi connectivity index (χ3v) is 7.58. The Hall–Kier alpha value is -3.95. The molecular formula is C28H20IN5O3S. The fourth-order valence-electron chi connectivity index (χ4n) is 3.84. The molecule has 2 heterocycles. The first kappa shape index (κ1) is 25.7. The Morgan fingerprint density at radius 1 is 1.18 bits per heavy atom. The molecule has 8 nitrogen and oxygen atoms in total. The van der Waals surface area contributed by atoms with Crippen LogP contribution in [0.4, 0.5) is 0 Å². The lowest BCUT2D eigenvalue weighted by Gasteiger charge is -2.20. The summed E-state index contributed by atoms with van der Waals surface area (Å²) < 4.78 is 12.3. The number of nitrogens with zero attached hydrogens (tertiary/aromatic N) is 4. The number of halogens is 1. The number of hydrogen-bond donors (Lipinski definition) is 1. The monoisotopic (exact) mass is 633 g/mol. The highest BCUT2D eigenvalue weighted by Crippen LogP contribution is 2.36. The highest BCUT2D eigenvalue weighted by Gasteiger charge is 2.36. The van der Waals surface area contributed by atoms with Crippen molar-refractivity contribution in [3.8, 4) is 17.6 Å². The summed E-state index contributed by atoms with van der Waals surface area (Å²) in [5, 5.41) is 25.0. The standard InChI is InChI=1S/C28H20IN5O3S/c1-16-7-9-18(10-8-16)27-33-34-25(31)21(26(35)32-28(34)38-27)11-17-12-22(29)24(23(13-17)36-2)37-15-20-6-4-3-5-19(20)14-30/h3-13,31H,15H2,1-2H3/b21-11-,31-25?. The Morgan fingerprint density at radius 3 is 2.68 bits per heavy atom. The van der Waals surface area contributed by atoms with Crippen LogP contribution >= 0.6 is 34.4 Å². The maximum absolute atomic E-state index is 12.9. The Balaban J connectivity index is 1.41. The number of amides is 1. The zero-order chi connectivity index (χ0) is 26.8. The second kappa shape index (κ2) is 10.8. The lowest BCUT2D eigenvalue weighted by atomic mass is 10.1.